The number of anilines is 1. The first kappa shape index (κ1) is 17.7. The summed E-state index contributed by atoms with van der Waals surface area (Å²) in [6.07, 6.45) is 2.75. The Morgan fingerprint density at radius 3 is 2.73 bits per heavy atom. The Labute approximate surface area is 179 Å². The van der Waals surface area contributed by atoms with Crippen molar-refractivity contribution in [2.24, 2.45) is 0 Å². The van der Waals surface area contributed by atoms with Crippen molar-refractivity contribution < 1.29 is 0 Å². The number of fused-ring (bicyclic) bond motifs is 4. The van der Waals surface area contributed by atoms with Gasteiger partial charge in [0.25, 0.3) is 0 Å². The summed E-state index contributed by atoms with van der Waals surface area (Å²) in [7, 11) is 0. The molecule has 2 aliphatic rings. The summed E-state index contributed by atoms with van der Waals surface area (Å²) in [5, 5.41) is 16.4. The van der Waals surface area contributed by atoms with E-state index in [2.05, 4.69) is 40.8 Å². The number of nitriles is 1. The molecule has 1 fully saturated rings. The van der Waals surface area contributed by atoms with E-state index in [4.69, 9.17) is 10.1 Å². The lowest BCUT2D eigenvalue weighted by Gasteiger charge is -2.42. The zero-order valence-electron chi connectivity index (χ0n) is 16.7. The molecule has 0 bridgehead atoms. The van der Waals surface area contributed by atoms with Crippen molar-refractivity contribution in [2.75, 3.05) is 11.4 Å². The maximum atomic E-state index is 10.6. The number of hydrogen-bond acceptors (Lipinski definition) is 5. The first-order chi connectivity index (χ1) is 14.7. The maximum absolute atomic E-state index is 10.6. The third-order valence-electron chi connectivity index (χ3n) is 6.58. The van der Waals surface area contributed by atoms with Gasteiger partial charge in [-0.15, -0.1) is 11.3 Å². The topological polar surface area (TPSA) is 57.7 Å². The molecule has 2 aliphatic heterocycles. The molecule has 2 atom stereocenters. The lowest BCUT2D eigenvalue weighted by Crippen LogP contribution is -2.52. The summed E-state index contributed by atoms with van der Waals surface area (Å²) < 4.78 is 3.22. The van der Waals surface area contributed by atoms with Gasteiger partial charge in [0, 0.05) is 18.5 Å². The zero-order chi connectivity index (χ0) is 20.3. The standard InChI is InChI=1S/C24H21N5S/c1-16-18-14-24(15-25,23-26-19-10-5-6-11-20(19)30-23)21-12-7-13-28(21)22(18)29(27-16)17-8-3-2-4-9-17/h2-6,8-11,21H,7,12-14H2,1H3. The minimum absolute atomic E-state index is 0.120. The minimum Gasteiger partial charge on any atom is -0.351 e. The summed E-state index contributed by atoms with van der Waals surface area (Å²) in [4.78, 5) is 7.38. The van der Waals surface area contributed by atoms with Crippen molar-refractivity contribution in [1.82, 2.24) is 14.8 Å². The normalized spacial score (nSPS) is 22.7. The van der Waals surface area contributed by atoms with E-state index in [1.54, 1.807) is 11.3 Å². The van der Waals surface area contributed by atoms with E-state index in [-0.39, 0.29) is 6.04 Å². The molecule has 30 heavy (non-hydrogen) atoms. The Hall–Kier alpha value is -3.17. The minimum atomic E-state index is -0.636. The molecule has 0 radical (unpaired) electrons. The highest BCUT2D eigenvalue weighted by molar-refractivity contribution is 7.18. The number of hydrogen-bond donors (Lipinski definition) is 0. The van der Waals surface area contributed by atoms with Crippen LogP contribution in [0.15, 0.2) is 54.6 Å². The summed E-state index contributed by atoms with van der Waals surface area (Å²) in [6.45, 7) is 3.01. The zero-order valence-corrected chi connectivity index (χ0v) is 17.6. The highest BCUT2D eigenvalue weighted by Crippen LogP contribution is 2.50. The molecular formula is C24H21N5S. The number of para-hydroxylation sites is 2. The van der Waals surface area contributed by atoms with Gasteiger partial charge in [0.2, 0.25) is 0 Å². The van der Waals surface area contributed by atoms with Crippen LogP contribution in [0.4, 0.5) is 5.82 Å². The van der Waals surface area contributed by atoms with E-state index in [0.717, 1.165) is 51.8 Å². The molecule has 148 valence electrons. The van der Waals surface area contributed by atoms with Crippen molar-refractivity contribution in [3.05, 3.63) is 70.9 Å². The molecule has 4 heterocycles. The van der Waals surface area contributed by atoms with E-state index in [1.165, 1.54) is 5.56 Å². The van der Waals surface area contributed by atoms with Crippen LogP contribution in [0.1, 0.15) is 29.1 Å². The van der Waals surface area contributed by atoms with Gasteiger partial charge in [-0.3, -0.25) is 0 Å². The monoisotopic (exact) mass is 411 g/mol. The van der Waals surface area contributed by atoms with Crippen LogP contribution in [0, 0.1) is 18.3 Å². The molecule has 5 nitrogen and oxygen atoms in total. The third-order valence-corrected chi connectivity index (χ3v) is 7.80. The average Bonchev–Trinajstić information content (AvgIpc) is 3.51. The molecule has 2 aromatic carbocycles. The second-order valence-electron chi connectivity index (χ2n) is 8.23. The summed E-state index contributed by atoms with van der Waals surface area (Å²) in [6, 6.07) is 21.4. The molecule has 0 N–H and O–H groups in total. The molecule has 4 aromatic rings. The van der Waals surface area contributed by atoms with E-state index in [9.17, 15) is 5.26 Å². The van der Waals surface area contributed by atoms with E-state index in [0.29, 0.717) is 6.42 Å². The highest BCUT2D eigenvalue weighted by atomic mass is 32.1. The Kier molecular flexibility index (Phi) is 3.78. The molecule has 6 heteroatoms. The van der Waals surface area contributed by atoms with Gasteiger partial charge < -0.3 is 4.90 Å². The Morgan fingerprint density at radius 2 is 1.93 bits per heavy atom. The van der Waals surface area contributed by atoms with Crippen LogP contribution in [-0.2, 0) is 11.8 Å². The van der Waals surface area contributed by atoms with E-state index < -0.39 is 5.41 Å². The fourth-order valence-electron chi connectivity index (χ4n) is 5.17. The van der Waals surface area contributed by atoms with Crippen molar-refractivity contribution in [2.45, 2.75) is 37.6 Å². The highest BCUT2D eigenvalue weighted by Gasteiger charge is 2.53. The molecule has 0 saturated carbocycles. The summed E-state index contributed by atoms with van der Waals surface area (Å²) in [5.74, 6) is 1.16. The summed E-state index contributed by atoms with van der Waals surface area (Å²) >= 11 is 1.67. The van der Waals surface area contributed by atoms with E-state index in [1.807, 2.05) is 36.4 Å². The van der Waals surface area contributed by atoms with Gasteiger partial charge in [0.1, 0.15) is 16.2 Å². The van der Waals surface area contributed by atoms with Crippen LogP contribution in [0.3, 0.4) is 0 Å². The average molecular weight is 412 g/mol. The van der Waals surface area contributed by atoms with Crippen LogP contribution in [-0.4, -0.2) is 27.4 Å². The van der Waals surface area contributed by atoms with E-state index >= 15 is 0 Å². The second-order valence-corrected chi connectivity index (χ2v) is 9.26. The van der Waals surface area contributed by atoms with Gasteiger partial charge in [-0.1, -0.05) is 30.3 Å². The maximum Gasteiger partial charge on any atom is 0.136 e. The Morgan fingerprint density at radius 1 is 1.13 bits per heavy atom. The van der Waals surface area contributed by atoms with Crippen molar-refractivity contribution in [3.63, 3.8) is 0 Å². The second kappa shape index (κ2) is 6.41. The summed E-state index contributed by atoms with van der Waals surface area (Å²) in [5.41, 5.74) is 3.59. The SMILES string of the molecule is Cc1nn(-c2ccccc2)c2c1CC(C#N)(c1nc3ccccc3s1)C1CCCN21. The first-order valence-corrected chi connectivity index (χ1v) is 11.2. The molecule has 2 aromatic heterocycles. The predicted molar refractivity (Wildman–Crippen MR) is 119 cm³/mol. The molecule has 2 unspecified atom stereocenters. The first-order valence-electron chi connectivity index (χ1n) is 10.4. The lowest BCUT2D eigenvalue weighted by molar-refractivity contribution is 0.405. The van der Waals surface area contributed by atoms with Crippen LogP contribution in [0.5, 0.6) is 0 Å². The van der Waals surface area contributed by atoms with Crippen LogP contribution in [0.25, 0.3) is 15.9 Å². The fourth-order valence-corrected chi connectivity index (χ4v) is 6.32. The Balaban J connectivity index is 1.57. The van der Waals surface area contributed by atoms with Crippen molar-refractivity contribution >= 4 is 27.4 Å². The molecule has 6 rings (SSSR count). The van der Waals surface area contributed by atoms with Gasteiger partial charge in [0.15, 0.2) is 0 Å². The smallest absolute Gasteiger partial charge is 0.136 e. The molecule has 1 saturated heterocycles. The quantitative estimate of drug-likeness (QED) is 0.476. The van der Waals surface area contributed by atoms with Gasteiger partial charge in [-0.05, 0) is 44.0 Å². The number of benzene rings is 2. The van der Waals surface area contributed by atoms with Crippen molar-refractivity contribution in [1.29, 1.82) is 5.26 Å². The van der Waals surface area contributed by atoms with Crippen LogP contribution >= 0.6 is 11.3 Å². The van der Waals surface area contributed by atoms with Crippen molar-refractivity contribution in [3.8, 4) is 11.8 Å². The number of nitrogens with zero attached hydrogens (tertiary/aromatic N) is 5. The Bertz CT molecular complexity index is 1270. The number of aromatic nitrogens is 3. The largest absolute Gasteiger partial charge is 0.351 e. The van der Waals surface area contributed by atoms with Gasteiger partial charge in [-0.25, -0.2) is 9.67 Å². The number of rotatable bonds is 2. The van der Waals surface area contributed by atoms with Crippen LogP contribution in [0.2, 0.25) is 0 Å². The van der Waals surface area contributed by atoms with Gasteiger partial charge >= 0.3 is 0 Å². The molecule has 0 aliphatic carbocycles. The molecular weight excluding hydrogens is 390 g/mol. The third kappa shape index (κ3) is 2.33. The predicted octanol–water partition coefficient (Wildman–Crippen LogP) is 4.78. The number of thiazole rings is 1. The molecule has 0 spiro atoms. The fraction of sp³-hybridized carbons (Fsp3) is 0.292. The van der Waals surface area contributed by atoms with Crippen LogP contribution < -0.4 is 4.90 Å². The van der Waals surface area contributed by atoms with Gasteiger partial charge in [-0.2, -0.15) is 10.4 Å². The lowest BCUT2D eigenvalue weighted by atomic mass is 9.73. The van der Waals surface area contributed by atoms with Gasteiger partial charge in [0.05, 0.1) is 33.7 Å². The molecule has 0 amide bonds. The number of aryl methyl sites for hydroxylation is 1.